The maximum Gasteiger partial charge on any atom is 0.0262 e. The third kappa shape index (κ3) is 4.24. The fourth-order valence-electron chi connectivity index (χ4n) is 2.24. The van der Waals surface area contributed by atoms with Crippen molar-refractivity contribution >= 4 is 0 Å². The Bertz CT molecular complexity index is 205. The van der Waals surface area contributed by atoms with Crippen molar-refractivity contribution < 1.29 is 0 Å². The Morgan fingerprint density at radius 2 is 2.19 bits per heavy atom. The molecule has 1 heterocycles. The summed E-state index contributed by atoms with van der Waals surface area (Å²) in [4.78, 5) is 4.90. The first-order chi connectivity index (χ1) is 7.67. The zero-order valence-corrected chi connectivity index (χ0v) is 11.1. The van der Waals surface area contributed by atoms with Crippen LogP contribution >= 0.6 is 0 Å². The van der Waals surface area contributed by atoms with Crippen LogP contribution in [0.1, 0.15) is 19.8 Å². The van der Waals surface area contributed by atoms with Crippen LogP contribution in [0, 0.1) is 0 Å². The Hall–Kier alpha value is -0.380. The summed E-state index contributed by atoms with van der Waals surface area (Å²) in [5.74, 6) is 0. The standard InChI is InChI=1S/C13H27N3/c1-5-7-14-12(6-2)10-13-11-15(3)8-9-16(13)4/h6,12-14H,2,5,7-11H2,1,3-4H3. The van der Waals surface area contributed by atoms with Crippen molar-refractivity contribution in [2.75, 3.05) is 40.3 Å². The Morgan fingerprint density at radius 3 is 2.81 bits per heavy atom. The van der Waals surface area contributed by atoms with Crippen molar-refractivity contribution in [1.29, 1.82) is 0 Å². The second-order valence-electron chi connectivity index (χ2n) is 4.93. The van der Waals surface area contributed by atoms with E-state index in [-0.39, 0.29) is 0 Å². The summed E-state index contributed by atoms with van der Waals surface area (Å²) >= 11 is 0. The van der Waals surface area contributed by atoms with Crippen molar-refractivity contribution in [2.24, 2.45) is 0 Å². The van der Waals surface area contributed by atoms with Crippen LogP contribution in [0.2, 0.25) is 0 Å². The zero-order valence-electron chi connectivity index (χ0n) is 11.1. The third-order valence-electron chi connectivity index (χ3n) is 3.45. The van der Waals surface area contributed by atoms with Crippen LogP contribution < -0.4 is 5.32 Å². The molecule has 1 rings (SSSR count). The molecule has 0 spiro atoms. The summed E-state index contributed by atoms with van der Waals surface area (Å²) in [6, 6.07) is 1.12. The molecule has 3 heteroatoms. The molecular weight excluding hydrogens is 198 g/mol. The van der Waals surface area contributed by atoms with Crippen molar-refractivity contribution in [2.45, 2.75) is 31.8 Å². The first kappa shape index (κ1) is 13.7. The van der Waals surface area contributed by atoms with Gasteiger partial charge in [0.1, 0.15) is 0 Å². The predicted octanol–water partition coefficient (Wildman–Crippen LogP) is 1.18. The summed E-state index contributed by atoms with van der Waals surface area (Å²) in [5.41, 5.74) is 0. The van der Waals surface area contributed by atoms with Gasteiger partial charge in [-0.2, -0.15) is 0 Å². The Kier molecular flexibility index (Phi) is 6.03. The van der Waals surface area contributed by atoms with Crippen LogP contribution in [0.25, 0.3) is 0 Å². The summed E-state index contributed by atoms with van der Waals surface area (Å²) in [7, 11) is 4.44. The summed E-state index contributed by atoms with van der Waals surface area (Å²) < 4.78 is 0. The van der Waals surface area contributed by atoms with Gasteiger partial charge < -0.3 is 15.1 Å². The van der Waals surface area contributed by atoms with Gasteiger partial charge in [0.25, 0.3) is 0 Å². The van der Waals surface area contributed by atoms with Gasteiger partial charge in [-0.15, -0.1) is 6.58 Å². The Morgan fingerprint density at radius 1 is 1.44 bits per heavy atom. The van der Waals surface area contributed by atoms with Gasteiger partial charge in [0, 0.05) is 31.7 Å². The summed E-state index contributed by atoms with van der Waals surface area (Å²) in [6.45, 7) is 10.8. The van der Waals surface area contributed by atoms with Gasteiger partial charge in [-0.1, -0.05) is 13.0 Å². The van der Waals surface area contributed by atoms with Crippen molar-refractivity contribution in [3.8, 4) is 0 Å². The lowest BCUT2D eigenvalue weighted by Crippen LogP contribution is -2.52. The molecule has 0 aromatic rings. The van der Waals surface area contributed by atoms with Crippen LogP contribution in [0.3, 0.4) is 0 Å². The smallest absolute Gasteiger partial charge is 0.0262 e. The Labute approximate surface area is 100 Å². The molecule has 1 aliphatic heterocycles. The first-order valence-electron chi connectivity index (χ1n) is 6.42. The molecular formula is C13H27N3. The number of hydrogen-bond donors (Lipinski definition) is 1. The van der Waals surface area contributed by atoms with E-state index in [0.29, 0.717) is 12.1 Å². The topological polar surface area (TPSA) is 18.5 Å². The van der Waals surface area contributed by atoms with E-state index >= 15 is 0 Å². The van der Waals surface area contributed by atoms with Crippen LogP contribution in [-0.4, -0.2) is 62.2 Å². The number of hydrogen-bond acceptors (Lipinski definition) is 3. The molecule has 1 saturated heterocycles. The van der Waals surface area contributed by atoms with Crippen LogP contribution in [0.15, 0.2) is 12.7 Å². The molecule has 0 aromatic carbocycles. The van der Waals surface area contributed by atoms with Gasteiger partial charge in [0.15, 0.2) is 0 Å². The molecule has 1 fully saturated rings. The van der Waals surface area contributed by atoms with Crippen molar-refractivity contribution in [1.82, 2.24) is 15.1 Å². The van der Waals surface area contributed by atoms with Crippen LogP contribution in [-0.2, 0) is 0 Å². The van der Waals surface area contributed by atoms with E-state index < -0.39 is 0 Å². The molecule has 0 aromatic heterocycles. The minimum absolute atomic E-state index is 0.457. The fraction of sp³-hybridized carbons (Fsp3) is 0.846. The van der Waals surface area contributed by atoms with Gasteiger partial charge in [-0.05, 0) is 33.5 Å². The van der Waals surface area contributed by atoms with E-state index in [0.717, 1.165) is 6.54 Å². The predicted molar refractivity (Wildman–Crippen MR) is 70.8 cm³/mol. The average Bonchev–Trinajstić information content (AvgIpc) is 2.28. The highest BCUT2D eigenvalue weighted by Gasteiger charge is 2.23. The maximum absolute atomic E-state index is 3.93. The highest BCUT2D eigenvalue weighted by molar-refractivity contribution is 4.91. The molecule has 16 heavy (non-hydrogen) atoms. The quantitative estimate of drug-likeness (QED) is 0.685. The zero-order chi connectivity index (χ0) is 12.0. The normalized spacial score (nSPS) is 25.6. The lowest BCUT2D eigenvalue weighted by atomic mass is 10.0. The fourth-order valence-corrected chi connectivity index (χ4v) is 2.24. The second-order valence-corrected chi connectivity index (χ2v) is 4.93. The molecule has 1 aliphatic rings. The molecule has 0 saturated carbocycles. The van der Waals surface area contributed by atoms with Crippen LogP contribution in [0.4, 0.5) is 0 Å². The van der Waals surface area contributed by atoms with Gasteiger partial charge in [0.2, 0.25) is 0 Å². The first-order valence-corrected chi connectivity index (χ1v) is 6.42. The number of nitrogens with one attached hydrogen (secondary N) is 1. The molecule has 1 N–H and O–H groups in total. The van der Waals surface area contributed by atoms with Crippen molar-refractivity contribution in [3.05, 3.63) is 12.7 Å². The summed E-state index contributed by atoms with van der Waals surface area (Å²) in [5, 5.41) is 3.54. The van der Waals surface area contributed by atoms with E-state index in [9.17, 15) is 0 Å². The van der Waals surface area contributed by atoms with E-state index in [1.165, 1.54) is 32.5 Å². The summed E-state index contributed by atoms with van der Waals surface area (Å²) in [6.07, 6.45) is 4.41. The third-order valence-corrected chi connectivity index (χ3v) is 3.45. The number of rotatable bonds is 6. The lowest BCUT2D eigenvalue weighted by Gasteiger charge is -2.39. The van der Waals surface area contributed by atoms with Gasteiger partial charge in [0.05, 0.1) is 0 Å². The maximum atomic E-state index is 3.93. The monoisotopic (exact) mass is 225 g/mol. The molecule has 0 amide bonds. The van der Waals surface area contributed by atoms with Crippen LogP contribution in [0.5, 0.6) is 0 Å². The van der Waals surface area contributed by atoms with E-state index in [4.69, 9.17) is 0 Å². The molecule has 94 valence electrons. The number of nitrogens with zero attached hydrogens (tertiary/aromatic N) is 2. The van der Waals surface area contributed by atoms with Crippen molar-refractivity contribution in [3.63, 3.8) is 0 Å². The molecule has 0 aliphatic carbocycles. The van der Waals surface area contributed by atoms with Gasteiger partial charge >= 0.3 is 0 Å². The average molecular weight is 225 g/mol. The lowest BCUT2D eigenvalue weighted by molar-refractivity contribution is 0.104. The molecule has 2 atom stereocenters. The minimum Gasteiger partial charge on any atom is -0.310 e. The number of piperazine rings is 1. The largest absolute Gasteiger partial charge is 0.310 e. The van der Waals surface area contributed by atoms with E-state index in [1.54, 1.807) is 0 Å². The highest BCUT2D eigenvalue weighted by Crippen LogP contribution is 2.12. The second kappa shape index (κ2) is 7.05. The van der Waals surface area contributed by atoms with Gasteiger partial charge in [-0.3, -0.25) is 0 Å². The molecule has 3 nitrogen and oxygen atoms in total. The molecule has 2 unspecified atom stereocenters. The Balaban J connectivity index is 2.39. The SMILES string of the molecule is C=CC(CC1CN(C)CCN1C)NCCC. The van der Waals surface area contributed by atoms with Gasteiger partial charge in [-0.25, -0.2) is 0 Å². The van der Waals surface area contributed by atoms with E-state index in [1.807, 2.05) is 0 Å². The highest BCUT2D eigenvalue weighted by atomic mass is 15.3. The number of likely N-dealkylation sites (N-methyl/N-ethyl adjacent to an activating group) is 2. The molecule has 0 radical (unpaired) electrons. The van der Waals surface area contributed by atoms with E-state index in [2.05, 4.69) is 48.8 Å². The minimum atomic E-state index is 0.457. The molecule has 0 bridgehead atoms.